The Kier molecular flexibility index (Phi) is 11.7. The van der Waals surface area contributed by atoms with E-state index in [0.29, 0.717) is 0 Å². The SMILES string of the molecule is CCOP(=O)(O)CCl.CCSC(=N)N. The molecule has 86 valence electrons. The van der Waals surface area contributed by atoms with Crippen LogP contribution in [0, 0.1) is 5.41 Å². The Balaban J connectivity index is 0. The van der Waals surface area contributed by atoms with Crippen molar-refractivity contribution in [1.29, 1.82) is 5.41 Å². The number of rotatable bonds is 4. The molecule has 0 aliphatic carbocycles. The number of hydrogen-bond acceptors (Lipinski definition) is 4. The number of thioether (sulfide) groups is 1. The molecule has 0 bridgehead atoms. The highest BCUT2D eigenvalue weighted by molar-refractivity contribution is 8.13. The molecule has 0 fully saturated rings. The largest absolute Gasteiger partial charge is 0.379 e. The molecule has 0 aliphatic rings. The van der Waals surface area contributed by atoms with E-state index in [2.05, 4.69) is 4.52 Å². The second kappa shape index (κ2) is 9.80. The molecule has 0 aromatic carbocycles. The maximum absolute atomic E-state index is 10.4. The van der Waals surface area contributed by atoms with Crippen LogP contribution in [0.3, 0.4) is 0 Å². The second-order valence-corrected chi connectivity index (χ2v) is 5.77. The lowest BCUT2D eigenvalue weighted by molar-refractivity contribution is 0.278. The van der Waals surface area contributed by atoms with Crippen molar-refractivity contribution in [2.45, 2.75) is 13.8 Å². The lowest BCUT2D eigenvalue weighted by Gasteiger charge is -2.04. The van der Waals surface area contributed by atoms with Crippen LogP contribution >= 0.6 is 31.0 Å². The summed E-state index contributed by atoms with van der Waals surface area (Å²) in [5, 5.41) is 6.84. The maximum atomic E-state index is 10.4. The van der Waals surface area contributed by atoms with Crippen LogP contribution in [0.25, 0.3) is 0 Å². The highest BCUT2D eigenvalue weighted by Crippen LogP contribution is 2.42. The molecule has 4 N–H and O–H groups in total. The normalized spacial score (nSPS) is 13.7. The van der Waals surface area contributed by atoms with Gasteiger partial charge in [0.15, 0.2) is 5.17 Å². The summed E-state index contributed by atoms with van der Waals surface area (Å²) in [5.41, 5.74) is 4.62. The predicted octanol–water partition coefficient (Wildman–Crippen LogP) is 2.04. The van der Waals surface area contributed by atoms with Crippen LogP contribution in [0.5, 0.6) is 0 Å². The summed E-state index contributed by atoms with van der Waals surface area (Å²) in [5.74, 6) is 0.898. The first-order valence-electron chi connectivity index (χ1n) is 3.88. The average molecular weight is 263 g/mol. The molecule has 0 radical (unpaired) electrons. The molecule has 0 aliphatic heterocycles. The monoisotopic (exact) mass is 262 g/mol. The summed E-state index contributed by atoms with van der Waals surface area (Å²) < 4.78 is 14.7. The highest BCUT2D eigenvalue weighted by Gasteiger charge is 2.14. The summed E-state index contributed by atoms with van der Waals surface area (Å²) in [7, 11) is -3.41. The Morgan fingerprint density at radius 1 is 1.71 bits per heavy atom. The van der Waals surface area contributed by atoms with Crippen molar-refractivity contribution in [3.05, 3.63) is 0 Å². The van der Waals surface area contributed by atoms with Crippen LogP contribution < -0.4 is 5.73 Å². The summed E-state index contributed by atoms with van der Waals surface area (Å²) >= 11 is 6.38. The number of hydrogen-bond donors (Lipinski definition) is 3. The Hall–Kier alpha value is 0.260. The molecule has 14 heavy (non-hydrogen) atoms. The number of alkyl halides is 1. The third kappa shape index (κ3) is 14.8. The Morgan fingerprint density at radius 2 is 2.21 bits per heavy atom. The van der Waals surface area contributed by atoms with Gasteiger partial charge in [0, 0.05) is 0 Å². The zero-order chi connectivity index (χ0) is 11.6. The summed E-state index contributed by atoms with van der Waals surface area (Å²) in [6.07, 6.45) is 0. The fraction of sp³-hybridized carbons (Fsp3) is 0.833. The van der Waals surface area contributed by atoms with Gasteiger partial charge >= 0.3 is 7.60 Å². The molecule has 0 spiro atoms. The van der Waals surface area contributed by atoms with Gasteiger partial charge < -0.3 is 15.2 Å². The van der Waals surface area contributed by atoms with Gasteiger partial charge in [0.05, 0.1) is 6.61 Å². The van der Waals surface area contributed by atoms with E-state index in [-0.39, 0.29) is 17.4 Å². The third-order valence-corrected chi connectivity index (χ3v) is 3.25. The van der Waals surface area contributed by atoms with E-state index in [9.17, 15) is 4.57 Å². The van der Waals surface area contributed by atoms with Gasteiger partial charge in [0.2, 0.25) is 0 Å². The van der Waals surface area contributed by atoms with Crippen LogP contribution in [-0.2, 0) is 9.09 Å². The van der Waals surface area contributed by atoms with E-state index in [0.717, 1.165) is 5.75 Å². The molecule has 0 saturated carbocycles. The van der Waals surface area contributed by atoms with E-state index >= 15 is 0 Å². The lowest BCUT2D eigenvalue weighted by Crippen LogP contribution is -2.02. The van der Waals surface area contributed by atoms with Crippen molar-refractivity contribution in [2.75, 3.05) is 18.0 Å². The summed E-state index contributed by atoms with van der Waals surface area (Å²) in [6.45, 7) is 3.82. The zero-order valence-electron chi connectivity index (χ0n) is 8.20. The summed E-state index contributed by atoms with van der Waals surface area (Å²) in [6, 6.07) is 0. The van der Waals surface area contributed by atoms with Crippen molar-refractivity contribution in [3.8, 4) is 0 Å². The molecule has 8 heteroatoms. The van der Waals surface area contributed by atoms with Crippen molar-refractivity contribution < 1.29 is 14.0 Å². The van der Waals surface area contributed by atoms with Crippen molar-refractivity contribution in [3.63, 3.8) is 0 Å². The molecule has 0 amide bonds. The Bertz CT molecular complexity index is 206. The van der Waals surface area contributed by atoms with Crippen LogP contribution in [0.1, 0.15) is 13.8 Å². The second-order valence-electron chi connectivity index (χ2n) is 1.97. The van der Waals surface area contributed by atoms with Gasteiger partial charge in [0.25, 0.3) is 0 Å². The number of amidine groups is 1. The minimum Gasteiger partial charge on any atom is -0.379 e. The fourth-order valence-electron chi connectivity index (χ4n) is 0.392. The molecular weight excluding hydrogens is 247 g/mol. The van der Waals surface area contributed by atoms with E-state index in [1.54, 1.807) is 6.92 Å². The molecule has 5 nitrogen and oxygen atoms in total. The Morgan fingerprint density at radius 3 is 2.29 bits per heavy atom. The Labute approximate surface area is 93.4 Å². The minimum atomic E-state index is -3.41. The average Bonchev–Trinajstić information content (AvgIpc) is 2.05. The van der Waals surface area contributed by atoms with Crippen LogP contribution in [0.2, 0.25) is 0 Å². The van der Waals surface area contributed by atoms with Gasteiger partial charge in [0.1, 0.15) is 5.62 Å². The van der Waals surface area contributed by atoms with E-state index < -0.39 is 7.60 Å². The first kappa shape index (κ1) is 16.7. The van der Waals surface area contributed by atoms with Crippen molar-refractivity contribution in [1.82, 2.24) is 0 Å². The van der Waals surface area contributed by atoms with Crippen molar-refractivity contribution >= 4 is 36.1 Å². The molecule has 0 rings (SSSR count). The lowest BCUT2D eigenvalue weighted by atomic mass is 10.9. The van der Waals surface area contributed by atoms with Crippen LogP contribution in [0.4, 0.5) is 0 Å². The number of halogens is 1. The molecular formula is C6H16ClN2O3PS. The standard InChI is InChI=1S/C3H8ClO3P.C3H8N2S/c1-2-7-8(5,6)3-4;1-2-6-3(4)5/h2-3H2,1H3,(H,5,6);2H2,1H3,(H3,4,5). The van der Waals surface area contributed by atoms with Gasteiger partial charge in [-0.15, -0.1) is 11.6 Å². The molecule has 1 unspecified atom stereocenters. The van der Waals surface area contributed by atoms with E-state index in [1.807, 2.05) is 6.92 Å². The minimum absolute atomic E-state index is 0.206. The van der Waals surface area contributed by atoms with Crippen LogP contribution in [0.15, 0.2) is 0 Å². The van der Waals surface area contributed by atoms with Crippen molar-refractivity contribution in [2.24, 2.45) is 5.73 Å². The maximum Gasteiger partial charge on any atom is 0.342 e. The zero-order valence-corrected chi connectivity index (χ0v) is 10.7. The van der Waals surface area contributed by atoms with Gasteiger partial charge in [-0.05, 0) is 12.7 Å². The first-order valence-corrected chi connectivity index (χ1v) is 7.17. The number of nitrogens with one attached hydrogen (secondary N) is 1. The molecule has 0 aromatic rings. The summed E-state index contributed by atoms with van der Waals surface area (Å²) in [4.78, 5) is 8.52. The van der Waals surface area contributed by atoms with Gasteiger partial charge in [-0.25, -0.2) is 0 Å². The van der Waals surface area contributed by atoms with Crippen LogP contribution in [-0.4, -0.2) is 28.0 Å². The van der Waals surface area contributed by atoms with Gasteiger partial charge in [-0.3, -0.25) is 9.97 Å². The number of nitrogens with two attached hydrogens (primary N) is 1. The predicted molar refractivity (Wildman–Crippen MR) is 62.2 cm³/mol. The third-order valence-electron chi connectivity index (χ3n) is 0.782. The fourth-order valence-corrected chi connectivity index (χ4v) is 1.38. The van der Waals surface area contributed by atoms with E-state index in [1.165, 1.54) is 11.8 Å². The molecule has 1 atom stereocenters. The van der Waals surface area contributed by atoms with E-state index in [4.69, 9.17) is 27.6 Å². The van der Waals surface area contributed by atoms with Gasteiger partial charge in [-0.2, -0.15) is 0 Å². The molecule has 0 heterocycles. The highest BCUT2D eigenvalue weighted by atomic mass is 35.5. The molecule has 0 aromatic heterocycles. The molecule has 0 saturated heterocycles. The first-order chi connectivity index (χ1) is 6.39. The topological polar surface area (TPSA) is 96.4 Å². The van der Waals surface area contributed by atoms with Gasteiger partial charge in [-0.1, -0.05) is 18.7 Å². The smallest absolute Gasteiger partial charge is 0.342 e. The quantitative estimate of drug-likeness (QED) is 0.312.